The van der Waals surface area contributed by atoms with Crippen LogP contribution in [0.25, 0.3) is 0 Å². The molecule has 0 amide bonds. The summed E-state index contributed by atoms with van der Waals surface area (Å²) >= 11 is 0. The predicted octanol–water partition coefficient (Wildman–Crippen LogP) is 3.36. The summed E-state index contributed by atoms with van der Waals surface area (Å²) in [4.78, 5) is 0. The van der Waals surface area contributed by atoms with Crippen LogP contribution in [0.1, 0.15) is 59.3 Å². The van der Waals surface area contributed by atoms with Gasteiger partial charge in [-0.05, 0) is 38.1 Å². The maximum atomic E-state index is 6.11. The standard InChI is InChI=1S/C15H29NO/c1-4-9-16-13-11-14(15(13,3)5-2)17-10-8-12-6-7-12/h12-14,16H,4-11H2,1-3H3. The molecule has 1 N–H and O–H groups in total. The van der Waals surface area contributed by atoms with Gasteiger partial charge in [0.2, 0.25) is 0 Å². The molecule has 3 atom stereocenters. The Kier molecular flexibility index (Phi) is 4.48. The van der Waals surface area contributed by atoms with E-state index in [9.17, 15) is 0 Å². The van der Waals surface area contributed by atoms with E-state index < -0.39 is 0 Å². The van der Waals surface area contributed by atoms with Crippen molar-refractivity contribution < 1.29 is 4.74 Å². The number of ether oxygens (including phenoxy) is 1. The molecule has 2 nitrogen and oxygen atoms in total. The van der Waals surface area contributed by atoms with Gasteiger partial charge in [-0.25, -0.2) is 0 Å². The minimum atomic E-state index is 0.374. The van der Waals surface area contributed by atoms with Crippen LogP contribution in [0.15, 0.2) is 0 Å². The summed E-state index contributed by atoms with van der Waals surface area (Å²) in [7, 11) is 0. The van der Waals surface area contributed by atoms with Gasteiger partial charge in [0, 0.05) is 18.1 Å². The van der Waals surface area contributed by atoms with Crippen LogP contribution in [-0.2, 0) is 4.74 Å². The summed E-state index contributed by atoms with van der Waals surface area (Å²) < 4.78 is 6.11. The Bertz CT molecular complexity index is 239. The zero-order valence-corrected chi connectivity index (χ0v) is 11.8. The van der Waals surface area contributed by atoms with E-state index in [1.54, 1.807) is 0 Å². The molecule has 0 spiro atoms. The first kappa shape index (κ1) is 13.4. The molecule has 3 unspecified atom stereocenters. The van der Waals surface area contributed by atoms with Crippen LogP contribution >= 0.6 is 0 Å². The molecule has 0 radical (unpaired) electrons. The second-order valence-corrected chi connectivity index (χ2v) is 6.19. The third-order valence-corrected chi connectivity index (χ3v) is 4.93. The Morgan fingerprint density at radius 2 is 2.06 bits per heavy atom. The SMILES string of the molecule is CCCNC1CC(OCCC2CC2)C1(C)CC. The summed E-state index contributed by atoms with van der Waals surface area (Å²) in [6.07, 6.45) is 8.35. The molecule has 0 heterocycles. The van der Waals surface area contributed by atoms with Crippen LogP contribution in [0.2, 0.25) is 0 Å². The largest absolute Gasteiger partial charge is 0.378 e. The molecule has 17 heavy (non-hydrogen) atoms. The second kappa shape index (κ2) is 5.71. The van der Waals surface area contributed by atoms with E-state index in [-0.39, 0.29) is 0 Å². The summed E-state index contributed by atoms with van der Waals surface area (Å²) in [5.74, 6) is 0.997. The lowest BCUT2D eigenvalue weighted by Crippen LogP contribution is -2.62. The van der Waals surface area contributed by atoms with Crippen LogP contribution < -0.4 is 5.32 Å². The van der Waals surface area contributed by atoms with Gasteiger partial charge >= 0.3 is 0 Å². The highest BCUT2D eigenvalue weighted by atomic mass is 16.5. The van der Waals surface area contributed by atoms with Gasteiger partial charge in [0.15, 0.2) is 0 Å². The summed E-state index contributed by atoms with van der Waals surface area (Å²) in [6, 6.07) is 0.679. The van der Waals surface area contributed by atoms with Crippen molar-refractivity contribution in [2.75, 3.05) is 13.2 Å². The van der Waals surface area contributed by atoms with Gasteiger partial charge in [-0.15, -0.1) is 0 Å². The topological polar surface area (TPSA) is 21.3 Å². The fraction of sp³-hybridized carbons (Fsp3) is 1.00. The summed E-state index contributed by atoms with van der Waals surface area (Å²) in [5.41, 5.74) is 0.374. The number of hydrogen-bond acceptors (Lipinski definition) is 2. The van der Waals surface area contributed by atoms with Crippen molar-refractivity contribution in [2.24, 2.45) is 11.3 Å². The Hall–Kier alpha value is -0.0800. The fourth-order valence-corrected chi connectivity index (χ4v) is 2.97. The number of rotatable bonds is 8. The highest BCUT2D eigenvalue weighted by molar-refractivity contribution is 5.04. The van der Waals surface area contributed by atoms with Gasteiger partial charge in [0.1, 0.15) is 0 Å². The van der Waals surface area contributed by atoms with E-state index in [0.717, 1.165) is 19.1 Å². The van der Waals surface area contributed by atoms with Gasteiger partial charge in [0.25, 0.3) is 0 Å². The number of hydrogen-bond donors (Lipinski definition) is 1. The van der Waals surface area contributed by atoms with Crippen LogP contribution in [-0.4, -0.2) is 25.3 Å². The molecule has 0 aromatic heterocycles. The highest BCUT2D eigenvalue weighted by Gasteiger charge is 2.50. The molecule has 2 rings (SSSR count). The van der Waals surface area contributed by atoms with Crippen molar-refractivity contribution in [1.29, 1.82) is 0 Å². The second-order valence-electron chi connectivity index (χ2n) is 6.19. The van der Waals surface area contributed by atoms with Crippen LogP contribution in [0.3, 0.4) is 0 Å². The molecule has 2 heteroatoms. The van der Waals surface area contributed by atoms with Crippen molar-refractivity contribution in [2.45, 2.75) is 71.4 Å². The molecular weight excluding hydrogens is 210 g/mol. The van der Waals surface area contributed by atoms with Gasteiger partial charge in [-0.2, -0.15) is 0 Å². The first-order valence-electron chi connectivity index (χ1n) is 7.55. The van der Waals surface area contributed by atoms with Gasteiger partial charge in [-0.3, -0.25) is 0 Å². The maximum Gasteiger partial charge on any atom is 0.0658 e. The molecular formula is C15H29NO. The quantitative estimate of drug-likeness (QED) is 0.701. The van der Waals surface area contributed by atoms with Crippen molar-refractivity contribution in [3.8, 4) is 0 Å². The third kappa shape index (κ3) is 3.03. The van der Waals surface area contributed by atoms with E-state index in [2.05, 4.69) is 26.1 Å². The number of nitrogens with one attached hydrogen (secondary N) is 1. The van der Waals surface area contributed by atoms with Gasteiger partial charge in [0.05, 0.1) is 6.10 Å². The normalized spacial score (nSPS) is 36.9. The van der Waals surface area contributed by atoms with Gasteiger partial charge in [-0.1, -0.05) is 33.6 Å². The summed E-state index contributed by atoms with van der Waals surface area (Å²) in [6.45, 7) is 9.07. The molecule has 2 aliphatic rings. The average molecular weight is 239 g/mol. The zero-order chi connectivity index (χ0) is 12.3. The van der Waals surface area contributed by atoms with Crippen molar-refractivity contribution in [3.63, 3.8) is 0 Å². The zero-order valence-electron chi connectivity index (χ0n) is 11.8. The molecule has 0 aliphatic heterocycles. The summed E-state index contributed by atoms with van der Waals surface area (Å²) in [5, 5.41) is 3.67. The monoisotopic (exact) mass is 239 g/mol. The van der Waals surface area contributed by atoms with E-state index in [1.807, 2.05) is 0 Å². The minimum absolute atomic E-state index is 0.374. The highest BCUT2D eigenvalue weighted by Crippen LogP contribution is 2.46. The Labute approximate surface area is 107 Å². The van der Waals surface area contributed by atoms with Gasteiger partial charge < -0.3 is 10.1 Å². The lowest BCUT2D eigenvalue weighted by Gasteiger charge is -2.54. The van der Waals surface area contributed by atoms with E-state index in [4.69, 9.17) is 4.74 Å². The smallest absolute Gasteiger partial charge is 0.0658 e. The van der Waals surface area contributed by atoms with Crippen LogP contribution in [0.5, 0.6) is 0 Å². The molecule has 100 valence electrons. The third-order valence-electron chi connectivity index (χ3n) is 4.93. The van der Waals surface area contributed by atoms with Crippen molar-refractivity contribution in [3.05, 3.63) is 0 Å². The van der Waals surface area contributed by atoms with Crippen LogP contribution in [0, 0.1) is 11.3 Å². The Morgan fingerprint density at radius 3 is 2.65 bits per heavy atom. The molecule has 0 bridgehead atoms. The molecule has 2 aliphatic carbocycles. The molecule has 2 fully saturated rings. The van der Waals surface area contributed by atoms with Crippen molar-refractivity contribution >= 4 is 0 Å². The van der Waals surface area contributed by atoms with E-state index in [1.165, 1.54) is 38.5 Å². The molecule has 0 aromatic carbocycles. The predicted molar refractivity (Wildman–Crippen MR) is 72.2 cm³/mol. The van der Waals surface area contributed by atoms with E-state index >= 15 is 0 Å². The first-order valence-corrected chi connectivity index (χ1v) is 7.55. The molecule has 0 saturated heterocycles. The Balaban J connectivity index is 1.71. The first-order chi connectivity index (χ1) is 8.20. The molecule has 0 aromatic rings. The lowest BCUT2D eigenvalue weighted by molar-refractivity contribution is -0.129. The van der Waals surface area contributed by atoms with Crippen molar-refractivity contribution in [1.82, 2.24) is 5.32 Å². The maximum absolute atomic E-state index is 6.11. The molecule has 2 saturated carbocycles. The average Bonchev–Trinajstić information content (AvgIpc) is 3.14. The van der Waals surface area contributed by atoms with Crippen LogP contribution in [0.4, 0.5) is 0 Å². The minimum Gasteiger partial charge on any atom is -0.378 e. The lowest BCUT2D eigenvalue weighted by atomic mass is 9.61. The van der Waals surface area contributed by atoms with E-state index in [0.29, 0.717) is 17.6 Å². The Morgan fingerprint density at radius 1 is 1.29 bits per heavy atom. The fourth-order valence-electron chi connectivity index (χ4n) is 2.97.